The summed E-state index contributed by atoms with van der Waals surface area (Å²) in [6, 6.07) is 15.6. The fourth-order valence-corrected chi connectivity index (χ4v) is 5.02. The van der Waals surface area contributed by atoms with Crippen LogP contribution in [0.1, 0.15) is 18.7 Å². The van der Waals surface area contributed by atoms with Crippen LogP contribution in [-0.2, 0) is 0 Å². The van der Waals surface area contributed by atoms with Gasteiger partial charge in [-0.3, -0.25) is 14.2 Å². The molecule has 0 saturated carbocycles. The van der Waals surface area contributed by atoms with Gasteiger partial charge in [0.1, 0.15) is 29.4 Å². The van der Waals surface area contributed by atoms with Gasteiger partial charge in [-0.05, 0) is 24.6 Å². The zero-order chi connectivity index (χ0) is 25.5. The van der Waals surface area contributed by atoms with E-state index in [1.807, 2.05) is 55.5 Å². The van der Waals surface area contributed by atoms with Gasteiger partial charge in [-0.2, -0.15) is 0 Å². The molecule has 9 nitrogen and oxygen atoms in total. The summed E-state index contributed by atoms with van der Waals surface area (Å²) in [4.78, 5) is 38.2. The molecule has 0 amide bonds. The number of anilines is 1. The van der Waals surface area contributed by atoms with Crippen molar-refractivity contribution in [2.75, 3.05) is 5.32 Å². The first-order valence-corrected chi connectivity index (χ1v) is 11.8. The average molecular weight is 511 g/mol. The number of benzene rings is 2. The van der Waals surface area contributed by atoms with Gasteiger partial charge >= 0.3 is 0 Å². The Morgan fingerprint density at radius 1 is 1.03 bits per heavy atom. The van der Waals surface area contributed by atoms with Gasteiger partial charge in [-0.25, -0.2) is 9.97 Å². The summed E-state index contributed by atoms with van der Waals surface area (Å²) < 4.78 is 6.62. The molecule has 0 fully saturated rings. The minimum absolute atomic E-state index is 0.229. The monoisotopic (exact) mass is 510 g/mol. The number of halogens is 1. The van der Waals surface area contributed by atoms with Gasteiger partial charge in [0.25, 0.3) is 5.56 Å². The molecule has 6 aromatic rings. The highest BCUT2D eigenvalue weighted by molar-refractivity contribution is 6.36. The van der Waals surface area contributed by atoms with Crippen LogP contribution in [0, 0.1) is 0 Å². The van der Waals surface area contributed by atoms with Crippen molar-refractivity contribution in [3.05, 3.63) is 111 Å². The molecule has 10 heteroatoms. The molecule has 6 rings (SSSR count). The van der Waals surface area contributed by atoms with Crippen LogP contribution in [0.25, 0.3) is 38.6 Å². The van der Waals surface area contributed by atoms with Crippen LogP contribution >= 0.6 is 11.6 Å². The van der Waals surface area contributed by atoms with Gasteiger partial charge in [0, 0.05) is 28.9 Å². The molecule has 182 valence electrons. The summed E-state index contributed by atoms with van der Waals surface area (Å²) in [5.41, 5.74) is 2.42. The van der Waals surface area contributed by atoms with E-state index < -0.39 is 6.04 Å². The maximum Gasteiger partial charge on any atom is 0.263 e. The van der Waals surface area contributed by atoms with E-state index in [-0.39, 0.29) is 11.0 Å². The number of H-pyrrole nitrogens is 1. The minimum Gasteiger partial charge on any atom is -0.364 e. The minimum atomic E-state index is -0.526. The summed E-state index contributed by atoms with van der Waals surface area (Å²) in [5.74, 6) is 0.334. The third-order valence-corrected chi connectivity index (χ3v) is 6.65. The van der Waals surface area contributed by atoms with Gasteiger partial charge in [0.2, 0.25) is 0 Å². The van der Waals surface area contributed by atoms with Crippen molar-refractivity contribution >= 4 is 39.2 Å². The molecule has 0 spiro atoms. The molecule has 4 heterocycles. The summed E-state index contributed by atoms with van der Waals surface area (Å²) >= 11 is 7.07. The Morgan fingerprint density at radius 3 is 2.65 bits per heavy atom. The van der Waals surface area contributed by atoms with E-state index in [1.165, 1.54) is 24.9 Å². The Kier molecular flexibility index (Phi) is 5.54. The third-order valence-electron chi connectivity index (χ3n) is 6.25. The number of aromatic nitrogens is 5. The van der Waals surface area contributed by atoms with E-state index in [4.69, 9.17) is 16.1 Å². The molecule has 0 aliphatic carbocycles. The first-order valence-electron chi connectivity index (χ1n) is 11.5. The highest BCUT2D eigenvalue weighted by Gasteiger charge is 2.24. The van der Waals surface area contributed by atoms with Gasteiger partial charge in [-0.1, -0.05) is 53.2 Å². The zero-order valence-corrected chi connectivity index (χ0v) is 20.2. The van der Waals surface area contributed by atoms with Crippen LogP contribution in [0.2, 0.25) is 5.02 Å². The van der Waals surface area contributed by atoms with Crippen LogP contribution in [0.5, 0.6) is 0 Å². The fraction of sp³-hybridized carbons (Fsp3) is 0.0741. The molecule has 0 bridgehead atoms. The maximum absolute atomic E-state index is 14.2. The van der Waals surface area contributed by atoms with Gasteiger partial charge in [0.15, 0.2) is 5.43 Å². The number of pyridine rings is 2. The van der Waals surface area contributed by atoms with Crippen LogP contribution in [0.3, 0.4) is 0 Å². The van der Waals surface area contributed by atoms with E-state index in [1.54, 1.807) is 10.8 Å². The summed E-state index contributed by atoms with van der Waals surface area (Å²) in [5, 5.41) is 8.83. The van der Waals surface area contributed by atoms with Crippen molar-refractivity contribution in [3.63, 3.8) is 0 Å². The Balaban J connectivity index is 1.62. The molecule has 4 aromatic heterocycles. The number of nitrogens with one attached hydrogen (secondary N) is 2. The Bertz CT molecular complexity index is 1880. The van der Waals surface area contributed by atoms with Crippen molar-refractivity contribution in [2.24, 2.45) is 0 Å². The highest BCUT2D eigenvalue weighted by atomic mass is 35.5. The van der Waals surface area contributed by atoms with Crippen molar-refractivity contribution in [2.45, 2.75) is 13.0 Å². The molecule has 0 radical (unpaired) electrons. The standard InChI is InChI=1S/C27H19ClN6O3/c1-15(33-26-22-20(35)10-11-29-25(22)30-14-31-26)24-23(28)19-9-5-8-18(16-12-32-37-13-16)21(19)27(36)34(24)17-6-3-2-4-7-17/h2-15H,1H3,(H2,29,30,31,33,35)/t15-/m0/s1. The first kappa shape index (κ1) is 22.7. The Morgan fingerprint density at radius 2 is 1.86 bits per heavy atom. The number of hydrogen-bond acceptors (Lipinski definition) is 7. The molecule has 2 aromatic carbocycles. The van der Waals surface area contributed by atoms with Crippen molar-refractivity contribution in [3.8, 4) is 16.8 Å². The lowest BCUT2D eigenvalue weighted by Gasteiger charge is -2.24. The van der Waals surface area contributed by atoms with Crippen LogP contribution in [0.4, 0.5) is 5.82 Å². The van der Waals surface area contributed by atoms with E-state index in [0.29, 0.717) is 55.2 Å². The molecular weight excluding hydrogens is 492 g/mol. The predicted molar refractivity (Wildman–Crippen MR) is 142 cm³/mol. The number of hydrogen-bond donors (Lipinski definition) is 2. The molecule has 37 heavy (non-hydrogen) atoms. The van der Waals surface area contributed by atoms with Crippen molar-refractivity contribution < 1.29 is 4.52 Å². The number of nitrogens with zero attached hydrogens (tertiary/aromatic N) is 4. The van der Waals surface area contributed by atoms with Crippen LogP contribution in [-0.4, -0.2) is 24.7 Å². The summed E-state index contributed by atoms with van der Waals surface area (Å²) in [6.45, 7) is 1.86. The smallest absolute Gasteiger partial charge is 0.263 e. The Labute approximate surface area is 214 Å². The van der Waals surface area contributed by atoms with Gasteiger partial charge in [-0.15, -0.1) is 0 Å². The maximum atomic E-state index is 14.2. The Hall–Kier alpha value is -4.76. The molecular formula is C27H19ClN6O3. The van der Waals surface area contributed by atoms with E-state index >= 15 is 0 Å². The molecule has 0 aliphatic rings. The van der Waals surface area contributed by atoms with Crippen LogP contribution in [0.15, 0.2) is 93.7 Å². The highest BCUT2D eigenvalue weighted by Crippen LogP contribution is 2.36. The number of aromatic amines is 1. The largest absolute Gasteiger partial charge is 0.364 e. The molecule has 1 atom stereocenters. The molecule has 0 aliphatic heterocycles. The fourth-order valence-electron chi connectivity index (χ4n) is 4.61. The first-order chi connectivity index (χ1) is 18.0. The zero-order valence-electron chi connectivity index (χ0n) is 19.5. The number of rotatable bonds is 5. The number of para-hydroxylation sites is 1. The average Bonchev–Trinajstić information content (AvgIpc) is 3.46. The van der Waals surface area contributed by atoms with Crippen molar-refractivity contribution in [1.82, 2.24) is 24.7 Å². The van der Waals surface area contributed by atoms with Gasteiger partial charge in [0.05, 0.1) is 28.3 Å². The second-order valence-corrected chi connectivity index (χ2v) is 8.85. The van der Waals surface area contributed by atoms with E-state index in [2.05, 4.69) is 25.4 Å². The SMILES string of the molecule is C[C@H](Nc1ncnc2[nH]ccc(=O)c12)c1c(Cl)c2cccc(-c3cnoc3)c2c(=O)n1-c1ccccc1. The molecule has 0 saturated heterocycles. The summed E-state index contributed by atoms with van der Waals surface area (Å²) in [7, 11) is 0. The predicted octanol–water partition coefficient (Wildman–Crippen LogP) is 5.10. The van der Waals surface area contributed by atoms with Gasteiger partial charge < -0.3 is 14.8 Å². The molecule has 0 unspecified atom stereocenters. The van der Waals surface area contributed by atoms with E-state index in [9.17, 15) is 9.59 Å². The summed E-state index contributed by atoms with van der Waals surface area (Å²) in [6.07, 6.45) is 5.95. The lowest BCUT2D eigenvalue weighted by Crippen LogP contribution is -2.27. The van der Waals surface area contributed by atoms with E-state index in [0.717, 1.165) is 0 Å². The lowest BCUT2D eigenvalue weighted by molar-refractivity contribution is 0.420. The molecule has 2 N–H and O–H groups in total. The quantitative estimate of drug-likeness (QED) is 0.331. The van der Waals surface area contributed by atoms with Crippen LogP contribution < -0.4 is 16.3 Å². The lowest BCUT2D eigenvalue weighted by atomic mass is 9.99. The third kappa shape index (κ3) is 3.76. The normalized spacial score (nSPS) is 12.2. The number of fused-ring (bicyclic) bond motifs is 2. The second kappa shape index (κ2) is 9.03. The topological polar surface area (TPSA) is 119 Å². The second-order valence-electron chi connectivity index (χ2n) is 8.47. The van der Waals surface area contributed by atoms with Crippen molar-refractivity contribution in [1.29, 1.82) is 0 Å².